The maximum atomic E-state index is 13.6. The van der Waals surface area contributed by atoms with Crippen LogP contribution in [0.4, 0.5) is 20.5 Å². The monoisotopic (exact) mass is 361 g/mol. The van der Waals surface area contributed by atoms with E-state index in [1.165, 1.54) is 4.90 Å². The Labute approximate surface area is 147 Å². The summed E-state index contributed by atoms with van der Waals surface area (Å²) in [6.07, 6.45) is -0.224. The van der Waals surface area contributed by atoms with Crippen LogP contribution in [-0.4, -0.2) is 51.1 Å². The largest absolute Gasteiger partial charge is 0.497 e. The van der Waals surface area contributed by atoms with Crippen molar-refractivity contribution in [3.8, 4) is 5.75 Å². The van der Waals surface area contributed by atoms with E-state index < -0.39 is 12.5 Å². The van der Waals surface area contributed by atoms with Crippen LogP contribution >= 0.6 is 0 Å². The number of hydrogen-bond donors (Lipinski definition) is 1. The average Bonchev–Trinajstić information content (AvgIpc) is 3.18. The lowest BCUT2D eigenvalue weighted by Crippen LogP contribution is -2.26. The maximum Gasteiger partial charge on any atom is 0.266 e. The van der Waals surface area contributed by atoms with Gasteiger partial charge >= 0.3 is 0 Å². The predicted molar refractivity (Wildman–Crippen MR) is 91.4 cm³/mol. The van der Waals surface area contributed by atoms with Crippen molar-refractivity contribution in [2.24, 2.45) is 0 Å². The van der Waals surface area contributed by atoms with Crippen molar-refractivity contribution in [3.63, 3.8) is 0 Å². The molecule has 4 rings (SSSR count). The molecule has 0 spiro atoms. The summed E-state index contributed by atoms with van der Waals surface area (Å²) in [5, 5.41) is 8.21. The number of methoxy groups -OCH3 is 1. The second kappa shape index (κ2) is 6.04. The Morgan fingerprint density at radius 2 is 2.00 bits per heavy atom. The van der Waals surface area contributed by atoms with Crippen LogP contribution < -0.4 is 15.4 Å². The molecule has 0 aliphatic carbocycles. The molecule has 2 N–H and O–H groups in total. The van der Waals surface area contributed by atoms with Crippen LogP contribution in [0.2, 0.25) is 0 Å². The van der Waals surface area contributed by atoms with E-state index in [1.807, 2.05) is 24.3 Å². The van der Waals surface area contributed by atoms with Gasteiger partial charge in [-0.2, -0.15) is 9.97 Å². The Kier molecular flexibility index (Phi) is 3.82. The number of benzene rings is 1. The minimum absolute atomic E-state index is 0.000923. The summed E-state index contributed by atoms with van der Waals surface area (Å²) >= 11 is 0. The fourth-order valence-electron chi connectivity index (χ4n) is 3.01. The van der Waals surface area contributed by atoms with Crippen LogP contribution in [0.3, 0.4) is 0 Å². The normalized spacial score (nSPS) is 16.3. The number of halogens is 2. The highest BCUT2D eigenvalue weighted by molar-refractivity contribution is 5.84. The van der Waals surface area contributed by atoms with E-state index in [2.05, 4.69) is 20.3 Å². The summed E-state index contributed by atoms with van der Waals surface area (Å²) in [7, 11) is 1.60. The molecule has 1 aliphatic rings. The van der Waals surface area contributed by atoms with Crippen LogP contribution in [0.15, 0.2) is 24.3 Å². The topological polar surface area (TPSA) is 95.0 Å². The second-order valence-electron chi connectivity index (χ2n) is 6.20. The molecule has 3 aromatic rings. The lowest BCUT2D eigenvalue weighted by Gasteiger charge is -2.17. The number of nitrogen functional groups attached to an aromatic ring is 1. The number of hydrogen-bond acceptors (Lipinski definition) is 7. The van der Waals surface area contributed by atoms with Gasteiger partial charge in [0.05, 0.1) is 20.2 Å². The third-order valence-corrected chi connectivity index (χ3v) is 4.32. The zero-order valence-electron chi connectivity index (χ0n) is 14.1. The summed E-state index contributed by atoms with van der Waals surface area (Å²) in [4.78, 5) is 9.80. The van der Waals surface area contributed by atoms with Gasteiger partial charge in [0.1, 0.15) is 5.75 Å². The first-order valence-electron chi connectivity index (χ1n) is 8.07. The van der Waals surface area contributed by atoms with Crippen molar-refractivity contribution in [1.29, 1.82) is 0 Å². The van der Waals surface area contributed by atoms with Crippen LogP contribution in [0.25, 0.3) is 11.2 Å². The Bertz CT molecular complexity index is 942. The summed E-state index contributed by atoms with van der Waals surface area (Å²) in [6, 6.07) is 7.49. The van der Waals surface area contributed by atoms with Crippen molar-refractivity contribution in [3.05, 3.63) is 29.8 Å². The van der Waals surface area contributed by atoms with E-state index in [4.69, 9.17) is 10.5 Å². The van der Waals surface area contributed by atoms with Gasteiger partial charge in [0.15, 0.2) is 17.0 Å². The van der Waals surface area contributed by atoms with Crippen LogP contribution in [-0.2, 0) is 6.54 Å². The molecule has 8 nitrogen and oxygen atoms in total. The van der Waals surface area contributed by atoms with Crippen molar-refractivity contribution < 1.29 is 13.5 Å². The first kappa shape index (κ1) is 16.4. The fraction of sp³-hybridized carbons (Fsp3) is 0.375. The van der Waals surface area contributed by atoms with E-state index in [-0.39, 0.29) is 18.9 Å². The summed E-state index contributed by atoms with van der Waals surface area (Å²) in [5.41, 5.74) is 7.54. The van der Waals surface area contributed by atoms with Crippen LogP contribution in [0, 0.1) is 0 Å². The molecule has 3 heterocycles. The van der Waals surface area contributed by atoms with Gasteiger partial charge < -0.3 is 15.4 Å². The molecule has 136 valence electrons. The molecule has 0 saturated carbocycles. The van der Waals surface area contributed by atoms with Crippen molar-refractivity contribution >= 4 is 22.9 Å². The van der Waals surface area contributed by atoms with Crippen molar-refractivity contribution in [2.75, 3.05) is 30.8 Å². The van der Waals surface area contributed by atoms with Crippen LogP contribution in [0.1, 0.15) is 12.0 Å². The first-order valence-corrected chi connectivity index (χ1v) is 8.07. The number of ether oxygens (including phenoxy) is 1. The molecule has 1 fully saturated rings. The Morgan fingerprint density at radius 3 is 2.65 bits per heavy atom. The highest BCUT2D eigenvalue weighted by atomic mass is 19.3. The molecule has 0 bridgehead atoms. The van der Waals surface area contributed by atoms with E-state index >= 15 is 0 Å². The Hall–Kier alpha value is -3.04. The zero-order chi connectivity index (χ0) is 18.3. The lowest BCUT2D eigenvalue weighted by molar-refractivity contribution is 0.0257. The van der Waals surface area contributed by atoms with E-state index in [0.29, 0.717) is 23.5 Å². The number of nitrogens with zero attached hydrogens (tertiary/aromatic N) is 6. The fourth-order valence-corrected chi connectivity index (χ4v) is 3.01. The molecule has 1 aromatic carbocycles. The highest BCUT2D eigenvalue weighted by Crippen LogP contribution is 2.32. The SMILES string of the molecule is COc1ccc(Cn2nnc3c(N4CCC(F)(F)C4)nc(N)nc32)cc1. The van der Waals surface area contributed by atoms with Crippen molar-refractivity contribution in [1.82, 2.24) is 25.0 Å². The van der Waals surface area contributed by atoms with Gasteiger partial charge in [-0.1, -0.05) is 17.3 Å². The Morgan fingerprint density at radius 1 is 1.23 bits per heavy atom. The van der Waals surface area contributed by atoms with E-state index in [0.717, 1.165) is 11.3 Å². The molecular weight excluding hydrogens is 344 g/mol. The van der Waals surface area contributed by atoms with Gasteiger partial charge in [-0.3, -0.25) is 0 Å². The van der Waals surface area contributed by atoms with Gasteiger partial charge in [-0.05, 0) is 17.7 Å². The number of alkyl halides is 2. The van der Waals surface area contributed by atoms with Gasteiger partial charge in [0, 0.05) is 13.0 Å². The molecule has 26 heavy (non-hydrogen) atoms. The number of anilines is 2. The average molecular weight is 361 g/mol. The van der Waals surface area contributed by atoms with Gasteiger partial charge in [0.2, 0.25) is 5.95 Å². The van der Waals surface area contributed by atoms with Gasteiger partial charge in [-0.15, -0.1) is 5.10 Å². The molecule has 0 unspecified atom stereocenters. The molecule has 0 amide bonds. The van der Waals surface area contributed by atoms with E-state index in [1.54, 1.807) is 11.8 Å². The minimum atomic E-state index is -2.74. The smallest absolute Gasteiger partial charge is 0.266 e. The summed E-state index contributed by atoms with van der Waals surface area (Å²) in [5.74, 6) is -1.70. The predicted octanol–water partition coefficient (Wildman–Crippen LogP) is 1.71. The third-order valence-electron chi connectivity index (χ3n) is 4.32. The number of rotatable bonds is 4. The number of aromatic nitrogens is 5. The molecule has 0 radical (unpaired) electrons. The second-order valence-corrected chi connectivity index (χ2v) is 6.20. The number of nitrogens with two attached hydrogens (primary N) is 1. The minimum Gasteiger partial charge on any atom is -0.497 e. The third kappa shape index (κ3) is 2.98. The first-order chi connectivity index (χ1) is 12.4. The summed E-state index contributed by atoms with van der Waals surface area (Å²) in [6.45, 7) is 0.181. The zero-order valence-corrected chi connectivity index (χ0v) is 14.1. The molecule has 0 atom stereocenters. The summed E-state index contributed by atoms with van der Waals surface area (Å²) < 4.78 is 33.9. The molecule has 10 heteroatoms. The molecular formula is C16H17F2N7O. The molecule has 1 aliphatic heterocycles. The van der Waals surface area contributed by atoms with Gasteiger partial charge in [-0.25, -0.2) is 13.5 Å². The number of fused-ring (bicyclic) bond motifs is 1. The van der Waals surface area contributed by atoms with Gasteiger partial charge in [0.25, 0.3) is 5.92 Å². The van der Waals surface area contributed by atoms with E-state index in [9.17, 15) is 8.78 Å². The maximum absolute atomic E-state index is 13.6. The highest BCUT2D eigenvalue weighted by Gasteiger charge is 2.40. The molecule has 1 saturated heterocycles. The lowest BCUT2D eigenvalue weighted by atomic mass is 10.2. The Balaban J connectivity index is 1.69. The van der Waals surface area contributed by atoms with Crippen molar-refractivity contribution in [2.45, 2.75) is 18.9 Å². The standard InChI is InChI=1S/C16H17F2N7O/c1-26-11-4-2-10(3-5-11)8-25-14-12(22-23-25)13(20-15(19)21-14)24-7-6-16(17,18)9-24/h2-5H,6-9H2,1H3,(H2,19,20,21). The molecule has 2 aromatic heterocycles. The quantitative estimate of drug-likeness (QED) is 0.756. The van der Waals surface area contributed by atoms with Crippen LogP contribution in [0.5, 0.6) is 5.75 Å².